The Balaban J connectivity index is 1.79. The summed E-state index contributed by atoms with van der Waals surface area (Å²) in [6.07, 6.45) is 4.31. The molecule has 2 rings (SSSR count). The van der Waals surface area contributed by atoms with Gasteiger partial charge in [-0.05, 0) is 32.6 Å². The van der Waals surface area contributed by atoms with Gasteiger partial charge in [-0.2, -0.15) is 5.10 Å². The predicted octanol–water partition coefficient (Wildman–Crippen LogP) is 2.19. The summed E-state index contributed by atoms with van der Waals surface area (Å²) in [4.78, 5) is 26.3. The molecule has 6 heteroatoms. The molecule has 1 aromatic heterocycles. The van der Waals surface area contributed by atoms with Crippen molar-refractivity contribution in [3.05, 3.63) is 17.5 Å². The summed E-state index contributed by atoms with van der Waals surface area (Å²) in [6.45, 7) is 9.36. The first-order chi connectivity index (χ1) is 11.3. The quantitative estimate of drug-likeness (QED) is 0.897. The Kier molecular flexibility index (Phi) is 6.02. The van der Waals surface area contributed by atoms with E-state index < -0.39 is 0 Å². The molecule has 1 fully saturated rings. The molecule has 2 heterocycles. The molecule has 1 aromatic rings. The lowest BCUT2D eigenvalue weighted by molar-refractivity contribution is -0.136. The molecule has 134 valence electrons. The number of hydrogen-bond donors (Lipinski definition) is 1. The fourth-order valence-electron chi connectivity index (χ4n) is 3.41. The zero-order valence-electron chi connectivity index (χ0n) is 15.5. The normalized spacial score (nSPS) is 17.2. The Morgan fingerprint density at radius 3 is 2.42 bits per heavy atom. The maximum absolute atomic E-state index is 12.3. The minimum atomic E-state index is -0.0335. The van der Waals surface area contributed by atoms with E-state index in [9.17, 15) is 9.59 Å². The number of piperidine rings is 1. The second-order valence-corrected chi connectivity index (χ2v) is 7.26. The second kappa shape index (κ2) is 7.81. The smallest absolute Gasteiger partial charge is 0.225 e. The van der Waals surface area contributed by atoms with Gasteiger partial charge in [-0.15, -0.1) is 0 Å². The van der Waals surface area contributed by atoms with E-state index in [2.05, 4.69) is 10.4 Å². The first-order valence-electron chi connectivity index (χ1n) is 8.86. The van der Waals surface area contributed by atoms with E-state index in [1.165, 1.54) is 0 Å². The zero-order valence-corrected chi connectivity index (χ0v) is 15.5. The molecule has 0 aliphatic carbocycles. The first kappa shape index (κ1) is 18.5. The summed E-state index contributed by atoms with van der Waals surface area (Å²) >= 11 is 0. The summed E-state index contributed by atoms with van der Waals surface area (Å²) in [6, 6.07) is -0.0335. The van der Waals surface area contributed by atoms with Crippen LogP contribution in [0, 0.1) is 18.8 Å². The van der Waals surface area contributed by atoms with Crippen molar-refractivity contribution in [1.29, 1.82) is 0 Å². The van der Waals surface area contributed by atoms with Gasteiger partial charge in [0.05, 0.1) is 11.7 Å². The number of amides is 2. The van der Waals surface area contributed by atoms with Gasteiger partial charge in [-0.1, -0.05) is 13.8 Å². The molecule has 0 aromatic carbocycles. The minimum Gasteiger partial charge on any atom is -0.349 e. The largest absolute Gasteiger partial charge is 0.349 e. The van der Waals surface area contributed by atoms with Gasteiger partial charge in [0.15, 0.2) is 0 Å². The van der Waals surface area contributed by atoms with Crippen LogP contribution in [0.1, 0.15) is 57.3 Å². The van der Waals surface area contributed by atoms with Gasteiger partial charge >= 0.3 is 0 Å². The number of hydrogen-bond acceptors (Lipinski definition) is 3. The van der Waals surface area contributed by atoms with E-state index >= 15 is 0 Å². The molecule has 1 aliphatic heterocycles. The minimum absolute atomic E-state index is 0.0335. The molecule has 1 atom stereocenters. The third-order valence-corrected chi connectivity index (χ3v) is 4.79. The van der Waals surface area contributed by atoms with E-state index in [1.807, 2.05) is 45.8 Å². The Labute approximate surface area is 144 Å². The Morgan fingerprint density at radius 1 is 1.29 bits per heavy atom. The molecule has 1 aliphatic rings. The van der Waals surface area contributed by atoms with Crippen LogP contribution in [0.5, 0.6) is 0 Å². The number of carbonyl (C=O) groups excluding carboxylic acids is 2. The van der Waals surface area contributed by atoms with Gasteiger partial charge in [-0.3, -0.25) is 14.3 Å². The fourth-order valence-corrected chi connectivity index (χ4v) is 3.41. The van der Waals surface area contributed by atoms with Crippen LogP contribution >= 0.6 is 0 Å². The topological polar surface area (TPSA) is 67.2 Å². The maximum Gasteiger partial charge on any atom is 0.225 e. The highest BCUT2D eigenvalue weighted by atomic mass is 16.2. The zero-order chi connectivity index (χ0) is 17.9. The van der Waals surface area contributed by atoms with E-state index in [0.717, 1.165) is 37.2 Å². The number of carbonyl (C=O) groups is 2. The van der Waals surface area contributed by atoms with Crippen LogP contribution in [0.25, 0.3) is 0 Å². The maximum atomic E-state index is 12.3. The molecule has 1 N–H and O–H groups in total. The predicted molar refractivity (Wildman–Crippen MR) is 93.3 cm³/mol. The summed E-state index contributed by atoms with van der Waals surface area (Å²) in [5.41, 5.74) is 2.01. The van der Waals surface area contributed by atoms with Gasteiger partial charge < -0.3 is 10.2 Å². The molecule has 0 saturated carbocycles. The summed E-state index contributed by atoms with van der Waals surface area (Å²) in [5, 5.41) is 7.40. The summed E-state index contributed by atoms with van der Waals surface area (Å²) < 4.78 is 1.77. The lowest BCUT2D eigenvalue weighted by Crippen LogP contribution is -2.41. The summed E-state index contributed by atoms with van der Waals surface area (Å²) in [7, 11) is 1.89. The van der Waals surface area contributed by atoms with Crippen LogP contribution in [-0.4, -0.2) is 39.6 Å². The van der Waals surface area contributed by atoms with Crippen molar-refractivity contribution in [2.24, 2.45) is 18.9 Å². The Bertz CT molecular complexity index is 586. The second-order valence-electron chi connectivity index (χ2n) is 7.26. The standard InChI is InChI=1S/C18H30N4O2/c1-12(2)18(24)22-8-6-15(7-9-22)10-17(23)19-13(3)16-11-21(5)20-14(16)4/h11-13,15H,6-10H2,1-5H3,(H,19,23)/t13-/m0/s1. The summed E-state index contributed by atoms with van der Waals surface area (Å²) in [5.74, 6) is 0.717. The molecular formula is C18H30N4O2. The van der Waals surface area contributed by atoms with Crippen LogP contribution in [0.3, 0.4) is 0 Å². The van der Waals surface area contributed by atoms with E-state index in [1.54, 1.807) is 4.68 Å². The van der Waals surface area contributed by atoms with Gasteiger partial charge in [-0.25, -0.2) is 0 Å². The molecule has 0 unspecified atom stereocenters. The van der Waals surface area contributed by atoms with Crippen molar-refractivity contribution in [3.8, 4) is 0 Å². The van der Waals surface area contributed by atoms with E-state index in [0.29, 0.717) is 12.3 Å². The highest BCUT2D eigenvalue weighted by Crippen LogP contribution is 2.22. The monoisotopic (exact) mass is 334 g/mol. The van der Waals surface area contributed by atoms with Gasteiger partial charge in [0.2, 0.25) is 11.8 Å². The van der Waals surface area contributed by atoms with Crippen LogP contribution in [-0.2, 0) is 16.6 Å². The molecule has 2 amide bonds. The number of nitrogens with one attached hydrogen (secondary N) is 1. The lowest BCUT2D eigenvalue weighted by Gasteiger charge is -2.33. The van der Waals surface area contributed by atoms with E-state index in [-0.39, 0.29) is 23.8 Å². The Morgan fingerprint density at radius 2 is 1.92 bits per heavy atom. The molecule has 24 heavy (non-hydrogen) atoms. The van der Waals surface area contributed by atoms with Crippen LogP contribution in [0.4, 0.5) is 0 Å². The molecule has 0 spiro atoms. The van der Waals surface area contributed by atoms with Crippen molar-refractivity contribution in [1.82, 2.24) is 20.0 Å². The number of rotatable bonds is 5. The number of aromatic nitrogens is 2. The van der Waals surface area contributed by atoms with Crippen LogP contribution in [0.15, 0.2) is 6.20 Å². The van der Waals surface area contributed by atoms with Crippen LogP contribution in [0.2, 0.25) is 0 Å². The average molecular weight is 334 g/mol. The van der Waals surface area contributed by atoms with Crippen molar-refractivity contribution in [2.75, 3.05) is 13.1 Å². The highest BCUT2D eigenvalue weighted by molar-refractivity contribution is 5.78. The van der Waals surface area contributed by atoms with Crippen LogP contribution < -0.4 is 5.32 Å². The first-order valence-corrected chi connectivity index (χ1v) is 8.86. The van der Waals surface area contributed by atoms with Crippen molar-refractivity contribution in [3.63, 3.8) is 0 Å². The van der Waals surface area contributed by atoms with Crippen molar-refractivity contribution < 1.29 is 9.59 Å². The highest BCUT2D eigenvalue weighted by Gasteiger charge is 2.26. The van der Waals surface area contributed by atoms with E-state index in [4.69, 9.17) is 0 Å². The molecule has 6 nitrogen and oxygen atoms in total. The third kappa shape index (κ3) is 4.58. The van der Waals surface area contributed by atoms with Crippen molar-refractivity contribution >= 4 is 11.8 Å². The number of nitrogens with zero attached hydrogens (tertiary/aromatic N) is 3. The molecular weight excluding hydrogens is 304 g/mol. The van der Waals surface area contributed by atoms with Crippen molar-refractivity contribution in [2.45, 2.75) is 53.0 Å². The number of aryl methyl sites for hydroxylation is 2. The van der Waals surface area contributed by atoms with Gasteiger partial charge in [0.1, 0.15) is 0 Å². The lowest BCUT2D eigenvalue weighted by atomic mass is 9.92. The third-order valence-electron chi connectivity index (χ3n) is 4.79. The molecule has 1 saturated heterocycles. The molecule has 0 bridgehead atoms. The van der Waals surface area contributed by atoms with Gasteiger partial charge in [0, 0.05) is 44.2 Å². The SMILES string of the molecule is Cc1nn(C)cc1[C@H](C)NC(=O)CC1CCN(C(=O)C(C)C)CC1. The number of likely N-dealkylation sites (tertiary alicyclic amines) is 1. The average Bonchev–Trinajstić information content (AvgIpc) is 2.85. The molecule has 0 radical (unpaired) electrons. The fraction of sp³-hybridized carbons (Fsp3) is 0.722. The Hall–Kier alpha value is -1.85. The van der Waals surface area contributed by atoms with Gasteiger partial charge in [0.25, 0.3) is 0 Å².